The van der Waals surface area contributed by atoms with Crippen molar-refractivity contribution in [3.8, 4) is 0 Å². The van der Waals surface area contributed by atoms with Crippen molar-refractivity contribution < 1.29 is 4.79 Å². The van der Waals surface area contributed by atoms with Crippen LogP contribution in [0, 0.1) is 29.6 Å². The molecule has 4 unspecified atom stereocenters. The number of nitrogens with one attached hydrogen (secondary N) is 1. The van der Waals surface area contributed by atoms with E-state index in [9.17, 15) is 4.79 Å². The Balaban J connectivity index is 0.000000494. The van der Waals surface area contributed by atoms with Crippen molar-refractivity contribution in [2.45, 2.75) is 126 Å². The van der Waals surface area contributed by atoms with Crippen LogP contribution in [0.4, 0.5) is 0 Å². The van der Waals surface area contributed by atoms with Gasteiger partial charge in [-0.3, -0.25) is 4.79 Å². The number of hydrogen-bond donors (Lipinski definition) is 1. The molecule has 0 spiro atoms. The number of hydrazone groups is 1. The first-order valence-corrected chi connectivity index (χ1v) is 13.3. The zero-order chi connectivity index (χ0) is 23.5. The van der Waals surface area contributed by atoms with Gasteiger partial charge >= 0.3 is 0 Å². The summed E-state index contributed by atoms with van der Waals surface area (Å²) in [7, 11) is 0. The Kier molecular flexibility index (Phi) is 18.9. The van der Waals surface area contributed by atoms with Gasteiger partial charge in [0, 0.05) is 5.71 Å². The van der Waals surface area contributed by atoms with Gasteiger partial charge in [-0.1, -0.05) is 92.2 Å². The van der Waals surface area contributed by atoms with Gasteiger partial charge in [0.1, 0.15) is 0 Å². The van der Waals surface area contributed by atoms with Gasteiger partial charge in [0.15, 0.2) is 0 Å². The third-order valence-electron chi connectivity index (χ3n) is 7.11. The Bertz CT molecular complexity index is 477. The van der Waals surface area contributed by atoms with Gasteiger partial charge in [-0.15, -0.1) is 0 Å². The number of carbonyl (C=O) groups excluding carboxylic acids is 1. The maximum Gasteiger partial charge on any atom is 0.227 e. The number of rotatable bonds is 5. The van der Waals surface area contributed by atoms with Gasteiger partial charge in [-0.25, -0.2) is 5.43 Å². The van der Waals surface area contributed by atoms with Crippen LogP contribution in [0.3, 0.4) is 0 Å². The van der Waals surface area contributed by atoms with Crippen LogP contribution in [-0.4, -0.2) is 12.1 Å². The first-order valence-electron chi connectivity index (χ1n) is 13.3. The van der Waals surface area contributed by atoms with Crippen LogP contribution in [0.5, 0.6) is 0 Å². The van der Waals surface area contributed by atoms with E-state index in [-0.39, 0.29) is 0 Å². The van der Waals surface area contributed by atoms with E-state index in [1.54, 1.807) is 0 Å². The highest BCUT2D eigenvalue weighted by atomic mass is 16.1. The first-order chi connectivity index (χ1) is 14.9. The highest BCUT2D eigenvalue weighted by Crippen LogP contribution is 2.42. The van der Waals surface area contributed by atoms with Gasteiger partial charge in [-0.2, -0.15) is 5.10 Å². The minimum atomic E-state index is 0.604. The van der Waals surface area contributed by atoms with Crippen molar-refractivity contribution in [2.75, 3.05) is 0 Å². The molecule has 3 nitrogen and oxygen atoms in total. The van der Waals surface area contributed by atoms with Gasteiger partial charge in [0.25, 0.3) is 0 Å². The Hall–Kier alpha value is -1.12. The number of amides is 1. The standard InChI is InChI=1S/C13H22N2O.C7H16.C5H8.C3H8/c1-10(15-14-9-16)12-7-6-11-4-2-3-5-13(11)8-12;1-5-7(4)6(2)3;1-2-4-5-3-1;1-3-2/h9,11-13H,2-8H2,1H3,(H,14,16);6-7H,5H2,1-4H3;1-2H,3-5H2;3H2,1-2H3/b15-10+;;;. The van der Waals surface area contributed by atoms with Gasteiger partial charge in [-0.05, 0) is 75.0 Å². The molecular weight excluding hydrogens is 380 g/mol. The van der Waals surface area contributed by atoms with E-state index in [0.717, 1.165) is 29.4 Å². The average molecular weight is 435 g/mol. The quantitative estimate of drug-likeness (QED) is 0.200. The van der Waals surface area contributed by atoms with Crippen molar-refractivity contribution >= 4 is 12.1 Å². The predicted octanol–water partition coefficient (Wildman–Crippen LogP) is 8.55. The van der Waals surface area contributed by atoms with E-state index < -0.39 is 0 Å². The molecule has 3 aliphatic rings. The molecule has 3 heteroatoms. The van der Waals surface area contributed by atoms with E-state index in [0.29, 0.717) is 12.3 Å². The second-order valence-electron chi connectivity index (χ2n) is 10.1. The lowest BCUT2D eigenvalue weighted by atomic mass is 9.67. The number of allylic oxidation sites excluding steroid dienone is 2. The monoisotopic (exact) mass is 434 g/mol. The number of fused-ring (bicyclic) bond motifs is 1. The predicted molar refractivity (Wildman–Crippen MR) is 138 cm³/mol. The lowest BCUT2D eigenvalue weighted by molar-refractivity contribution is -0.109. The van der Waals surface area contributed by atoms with Crippen LogP contribution >= 0.6 is 0 Å². The molecule has 3 aliphatic carbocycles. The summed E-state index contributed by atoms with van der Waals surface area (Å²) in [6, 6.07) is 0. The van der Waals surface area contributed by atoms with Crippen molar-refractivity contribution in [1.29, 1.82) is 0 Å². The van der Waals surface area contributed by atoms with Gasteiger partial charge < -0.3 is 0 Å². The fourth-order valence-electron chi connectivity index (χ4n) is 4.53. The normalized spacial score (nSPS) is 25.5. The molecule has 3 rings (SSSR count). The van der Waals surface area contributed by atoms with Crippen LogP contribution < -0.4 is 5.43 Å². The highest BCUT2D eigenvalue weighted by molar-refractivity contribution is 5.84. The summed E-state index contributed by atoms with van der Waals surface area (Å²) in [5.74, 6) is 4.28. The molecule has 2 fully saturated rings. The Morgan fingerprint density at radius 2 is 1.55 bits per heavy atom. The number of carbonyl (C=O) groups is 1. The van der Waals surface area contributed by atoms with E-state index in [2.05, 4.69) is 64.2 Å². The summed E-state index contributed by atoms with van der Waals surface area (Å²) in [5, 5.41) is 4.10. The second kappa shape index (κ2) is 19.6. The van der Waals surface area contributed by atoms with Crippen molar-refractivity contribution in [1.82, 2.24) is 5.43 Å². The summed E-state index contributed by atoms with van der Waals surface area (Å²) >= 11 is 0. The molecule has 182 valence electrons. The molecule has 1 N–H and O–H groups in total. The SMILES string of the molecule is C/C(=N\NC=O)C1CCC2CCCCC2C1.C1=CCCC1.CCC.CCC(C)C(C)C. The van der Waals surface area contributed by atoms with Crippen LogP contribution in [0.25, 0.3) is 0 Å². The third-order valence-corrected chi connectivity index (χ3v) is 7.11. The molecule has 2 saturated carbocycles. The zero-order valence-corrected chi connectivity index (χ0v) is 22.0. The van der Waals surface area contributed by atoms with Crippen molar-refractivity contribution in [2.24, 2.45) is 34.7 Å². The minimum absolute atomic E-state index is 0.604. The largest absolute Gasteiger partial charge is 0.277 e. The van der Waals surface area contributed by atoms with Crippen molar-refractivity contribution in [3.63, 3.8) is 0 Å². The number of hydrogen-bond acceptors (Lipinski definition) is 2. The topological polar surface area (TPSA) is 41.5 Å². The van der Waals surface area contributed by atoms with E-state index in [1.165, 1.54) is 77.0 Å². The molecule has 0 aromatic rings. The smallest absolute Gasteiger partial charge is 0.227 e. The summed E-state index contributed by atoms with van der Waals surface area (Å²) < 4.78 is 0. The first kappa shape index (κ1) is 29.9. The molecule has 0 aromatic carbocycles. The summed E-state index contributed by atoms with van der Waals surface area (Å²) in [6.45, 7) is 15.4. The molecule has 0 radical (unpaired) electrons. The number of nitrogens with zero attached hydrogens (tertiary/aromatic N) is 1. The maximum absolute atomic E-state index is 10.2. The molecule has 4 atom stereocenters. The zero-order valence-electron chi connectivity index (χ0n) is 22.0. The maximum atomic E-state index is 10.2. The van der Waals surface area contributed by atoms with Crippen LogP contribution in [0.2, 0.25) is 0 Å². The molecule has 0 heterocycles. The molecule has 1 amide bonds. The van der Waals surface area contributed by atoms with E-state index in [1.807, 2.05) is 6.92 Å². The van der Waals surface area contributed by atoms with Crippen LogP contribution in [0.15, 0.2) is 17.3 Å². The van der Waals surface area contributed by atoms with Gasteiger partial charge in [0.2, 0.25) is 6.41 Å². The Morgan fingerprint density at radius 1 is 0.968 bits per heavy atom. The molecular formula is C28H54N2O. The molecule has 0 aromatic heterocycles. The lowest BCUT2D eigenvalue weighted by Crippen LogP contribution is -2.31. The molecule has 0 bridgehead atoms. The molecule has 31 heavy (non-hydrogen) atoms. The lowest BCUT2D eigenvalue weighted by Gasteiger charge is -2.39. The molecule has 0 saturated heterocycles. The third kappa shape index (κ3) is 14.5. The fraction of sp³-hybridized carbons (Fsp3) is 0.857. The van der Waals surface area contributed by atoms with Crippen LogP contribution in [-0.2, 0) is 4.79 Å². The fourth-order valence-corrected chi connectivity index (χ4v) is 4.53. The van der Waals surface area contributed by atoms with E-state index in [4.69, 9.17) is 0 Å². The highest BCUT2D eigenvalue weighted by Gasteiger charge is 2.33. The Labute approximate surface area is 194 Å². The summed E-state index contributed by atoms with van der Waals surface area (Å²) in [5.41, 5.74) is 3.53. The van der Waals surface area contributed by atoms with Crippen molar-refractivity contribution in [3.05, 3.63) is 12.2 Å². The Morgan fingerprint density at radius 3 is 1.97 bits per heavy atom. The second-order valence-corrected chi connectivity index (χ2v) is 10.1. The summed E-state index contributed by atoms with van der Waals surface area (Å²) in [4.78, 5) is 10.2. The minimum Gasteiger partial charge on any atom is -0.277 e. The van der Waals surface area contributed by atoms with Gasteiger partial charge in [0.05, 0.1) is 0 Å². The van der Waals surface area contributed by atoms with Crippen LogP contribution in [0.1, 0.15) is 126 Å². The molecule has 0 aliphatic heterocycles. The average Bonchev–Trinajstić information content (AvgIpc) is 3.37. The summed E-state index contributed by atoms with van der Waals surface area (Å²) in [6.07, 6.45) is 21.3. The van der Waals surface area contributed by atoms with E-state index >= 15 is 0 Å².